The van der Waals surface area contributed by atoms with Crippen LogP contribution >= 0.6 is 0 Å². The molecular weight excluding hydrogens is 198 g/mol. The molecule has 3 nitrogen and oxygen atoms in total. The number of sulfonamides is 1. The first-order chi connectivity index (χ1) is 6.45. The molecule has 1 aliphatic heterocycles. The summed E-state index contributed by atoms with van der Waals surface area (Å²) in [5.41, 5.74) is 1.23. The van der Waals surface area contributed by atoms with Crippen molar-refractivity contribution >= 4 is 10.0 Å². The summed E-state index contributed by atoms with van der Waals surface area (Å²) in [5.74, 6) is 0.461. The monoisotopic (exact) mass is 217 g/mol. The Hall–Kier alpha value is -0.350. The van der Waals surface area contributed by atoms with E-state index in [0.717, 1.165) is 6.42 Å². The van der Waals surface area contributed by atoms with Crippen LogP contribution in [-0.4, -0.2) is 31.6 Å². The van der Waals surface area contributed by atoms with Crippen LogP contribution in [-0.2, 0) is 10.0 Å². The largest absolute Gasteiger partial charge is 0.214 e. The third kappa shape index (κ3) is 2.82. The second-order valence-electron chi connectivity index (χ2n) is 4.18. The number of nitrogens with zero attached hydrogens (tertiary/aromatic N) is 1. The molecule has 0 aliphatic carbocycles. The van der Waals surface area contributed by atoms with Crippen LogP contribution in [0.25, 0.3) is 0 Å². The van der Waals surface area contributed by atoms with E-state index in [1.807, 2.05) is 19.9 Å². The lowest BCUT2D eigenvalue weighted by molar-refractivity contribution is 0.475. The Morgan fingerprint density at radius 3 is 2.57 bits per heavy atom. The number of rotatable bonds is 4. The molecule has 0 spiro atoms. The predicted octanol–water partition coefficient (Wildman–Crippen LogP) is 1.62. The van der Waals surface area contributed by atoms with Crippen LogP contribution in [0.3, 0.4) is 0 Å². The molecule has 1 rings (SSSR count). The molecule has 1 aliphatic rings. The fraction of sp³-hybridized carbons (Fsp3) is 0.800. The maximum Gasteiger partial charge on any atom is 0.214 e. The molecule has 0 saturated carbocycles. The molecule has 0 saturated heterocycles. The summed E-state index contributed by atoms with van der Waals surface area (Å²) in [6, 6.07) is 0. The summed E-state index contributed by atoms with van der Waals surface area (Å²) >= 11 is 0. The Bertz CT molecular complexity index is 317. The standard InChI is InChI=1S/C10H19NO2S/c1-4-10-5-6-11(7-10)14(12,13)8-9(2)3/h5,9H,4,6-8H2,1-3H3. The van der Waals surface area contributed by atoms with Crippen molar-refractivity contribution in [3.63, 3.8) is 0 Å². The maximum absolute atomic E-state index is 11.8. The molecule has 0 radical (unpaired) electrons. The lowest BCUT2D eigenvalue weighted by Crippen LogP contribution is -2.32. The Balaban J connectivity index is 2.60. The molecule has 1 heterocycles. The summed E-state index contributed by atoms with van der Waals surface area (Å²) in [4.78, 5) is 0. The Morgan fingerprint density at radius 2 is 2.14 bits per heavy atom. The van der Waals surface area contributed by atoms with Crippen molar-refractivity contribution in [1.29, 1.82) is 0 Å². The van der Waals surface area contributed by atoms with E-state index in [1.165, 1.54) is 5.57 Å². The minimum atomic E-state index is -3.02. The van der Waals surface area contributed by atoms with Gasteiger partial charge in [-0.15, -0.1) is 0 Å². The molecule has 14 heavy (non-hydrogen) atoms. The first kappa shape index (κ1) is 11.7. The minimum Gasteiger partial charge on any atom is -0.212 e. The summed E-state index contributed by atoms with van der Waals surface area (Å²) in [6.45, 7) is 7.09. The summed E-state index contributed by atoms with van der Waals surface area (Å²) < 4.78 is 25.2. The van der Waals surface area contributed by atoms with Gasteiger partial charge >= 0.3 is 0 Å². The van der Waals surface area contributed by atoms with Gasteiger partial charge in [0.05, 0.1) is 5.75 Å². The molecule has 0 atom stereocenters. The number of hydrogen-bond donors (Lipinski definition) is 0. The van der Waals surface area contributed by atoms with Gasteiger partial charge in [0.25, 0.3) is 0 Å². The van der Waals surface area contributed by atoms with Crippen molar-refractivity contribution in [2.45, 2.75) is 27.2 Å². The fourth-order valence-corrected chi connectivity index (χ4v) is 3.30. The highest BCUT2D eigenvalue weighted by Gasteiger charge is 2.25. The first-order valence-electron chi connectivity index (χ1n) is 5.11. The minimum absolute atomic E-state index is 0.200. The van der Waals surface area contributed by atoms with Crippen molar-refractivity contribution < 1.29 is 8.42 Å². The van der Waals surface area contributed by atoms with Gasteiger partial charge in [-0.3, -0.25) is 0 Å². The molecule has 0 N–H and O–H groups in total. The Labute approximate surface area is 86.8 Å². The van der Waals surface area contributed by atoms with E-state index < -0.39 is 10.0 Å². The van der Waals surface area contributed by atoms with E-state index in [4.69, 9.17) is 0 Å². The highest BCUT2D eigenvalue weighted by molar-refractivity contribution is 7.89. The van der Waals surface area contributed by atoms with E-state index in [1.54, 1.807) is 4.31 Å². The average Bonchev–Trinajstić information content (AvgIpc) is 2.49. The molecule has 0 amide bonds. The van der Waals surface area contributed by atoms with Crippen LogP contribution in [0.4, 0.5) is 0 Å². The molecular formula is C10H19NO2S. The second-order valence-corrected chi connectivity index (χ2v) is 6.19. The lowest BCUT2D eigenvalue weighted by atomic mass is 10.2. The average molecular weight is 217 g/mol. The zero-order valence-corrected chi connectivity index (χ0v) is 9.97. The van der Waals surface area contributed by atoms with E-state index in [-0.39, 0.29) is 11.7 Å². The SMILES string of the molecule is CCC1=CCN(S(=O)(=O)CC(C)C)C1. The van der Waals surface area contributed by atoms with Gasteiger partial charge in [-0.25, -0.2) is 8.42 Å². The summed E-state index contributed by atoms with van der Waals surface area (Å²) in [5, 5.41) is 0. The van der Waals surface area contributed by atoms with Gasteiger partial charge < -0.3 is 0 Å². The summed E-state index contributed by atoms with van der Waals surface area (Å²) in [7, 11) is -3.02. The van der Waals surface area contributed by atoms with Crippen LogP contribution < -0.4 is 0 Å². The van der Waals surface area contributed by atoms with Gasteiger partial charge in [-0.2, -0.15) is 4.31 Å². The Morgan fingerprint density at radius 1 is 1.50 bits per heavy atom. The van der Waals surface area contributed by atoms with Crippen molar-refractivity contribution in [2.24, 2.45) is 5.92 Å². The van der Waals surface area contributed by atoms with Gasteiger partial charge in [0, 0.05) is 13.1 Å². The normalized spacial score (nSPS) is 19.0. The van der Waals surface area contributed by atoms with E-state index >= 15 is 0 Å². The smallest absolute Gasteiger partial charge is 0.212 e. The van der Waals surface area contributed by atoms with E-state index in [0.29, 0.717) is 13.1 Å². The van der Waals surface area contributed by atoms with Crippen LogP contribution in [0.1, 0.15) is 27.2 Å². The van der Waals surface area contributed by atoms with Crippen molar-refractivity contribution in [2.75, 3.05) is 18.8 Å². The highest BCUT2D eigenvalue weighted by Crippen LogP contribution is 2.17. The quantitative estimate of drug-likeness (QED) is 0.671. The van der Waals surface area contributed by atoms with Gasteiger partial charge in [0.1, 0.15) is 0 Å². The third-order valence-electron chi connectivity index (χ3n) is 2.35. The fourth-order valence-electron chi connectivity index (χ4n) is 1.58. The van der Waals surface area contributed by atoms with Gasteiger partial charge in [0.15, 0.2) is 0 Å². The van der Waals surface area contributed by atoms with Gasteiger partial charge in [0.2, 0.25) is 10.0 Å². The second kappa shape index (κ2) is 4.45. The molecule has 0 aromatic rings. The van der Waals surface area contributed by atoms with Crippen LogP contribution in [0.5, 0.6) is 0 Å². The zero-order valence-electron chi connectivity index (χ0n) is 9.16. The van der Waals surface area contributed by atoms with Gasteiger partial charge in [-0.05, 0) is 12.3 Å². The molecule has 4 heteroatoms. The molecule has 0 unspecified atom stereocenters. The van der Waals surface area contributed by atoms with Crippen molar-refractivity contribution in [3.8, 4) is 0 Å². The third-order valence-corrected chi connectivity index (χ3v) is 4.51. The van der Waals surface area contributed by atoms with Crippen molar-refractivity contribution in [1.82, 2.24) is 4.31 Å². The van der Waals surface area contributed by atoms with Crippen molar-refractivity contribution in [3.05, 3.63) is 11.6 Å². The molecule has 0 aromatic carbocycles. The lowest BCUT2D eigenvalue weighted by Gasteiger charge is -2.17. The highest BCUT2D eigenvalue weighted by atomic mass is 32.2. The molecule has 0 fully saturated rings. The predicted molar refractivity (Wildman–Crippen MR) is 58.6 cm³/mol. The summed E-state index contributed by atoms with van der Waals surface area (Å²) in [6.07, 6.45) is 2.98. The van der Waals surface area contributed by atoms with E-state index in [2.05, 4.69) is 6.92 Å². The van der Waals surface area contributed by atoms with Gasteiger partial charge in [-0.1, -0.05) is 32.4 Å². The molecule has 82 valence electrons. The molecule has 0 aromatic heterocycles. The van der Waals surface area contributed by atoms with E-state index in [9.17, 15) is 8.42 Å². The first-order valence-corrected chi connectivity index (χ1v) is 6.72. The van der Waals surface area contributed by atoms with Crippen LogP contribution in [0.2, 0.25) is 0 Å². The van der Waals surface area contributed by atoms with Crippen LogP contribution in [0, 0.1) is 5.92 Å². The zero-order chi connectivity index (χ0) is 10.8. The topological polar surface area (TPSA) is 37.4 Å². The Kier molecular flexibility index (Phi) is 3.72. The van der Waals surface area contributed by atoms with Crippen LogP contribution in [0.15, 0.2) is 11.6 Å². The maximum atomic E-state index is 11.8. The molecule has 0 bridgehead atoms. The number of hydrogen-bond acceptors (Lipinski definition) is 2.